The molecule has 0 radical (unpaired) electrons. The molecule has 0 atom stereocenters. The number of oxazole rings is 1. The van der Waals surface area contributed by atoms with Gasteiger partial charge < -0.3 is 14.1 Å². The highest BCUT2D eigenvalue weighted by Crippen LogP contribution is 2.37. The summed E-state index contributed by atoms with van der Waals surface area (Å²) in [5.41, 5.74) is 0.561. The van der Waals surface area contributed by atoms with Crippen molar-refractivity contribution in [3.63, 3.8) is 0 Å². The summed E-state index contributed by atoms with van der Waals surface area (Å²) in [6.07, 6.45) is 4.18. The van der Waals surface area contributed by atoms with E-state index in [1.54, 1.807) is 30.3 Å². The van der Waals surface area contributed by atoms with E-state index >= 15 is 0 Å². The Balaban J connectivity index is 1.84. The first kappa shape index (κ1) is 20.8. The van der Waals surface area contributed by atoms with E-state index < -0.39 is 9.84 Å². The van der Waals surface area contributed by atoms with Crippen LogP contribution in [0.25, 0.3) is 11.5 Å². The molecule has 1 fully saturated rings. The first-order valence-electron chi connectivity index (χ1n) is 9.90. The zero-order chi connectivity index (χ0) is 21.1. The Kier molecular flexibility index (Phi) is 6.01. The van der Waals surface area contributed by atoms with Gasteiger partial charge in [-0.1, -0.05) is 36.6 Å². The minimum atomic E-state index is -3.90. The third kappa shape index (κ3) is 4.04. The zero-order valence-corrected chi connectivity index (χ0v) is 18.2. The molecule has 2 heterocycles. The number of ether oxygens (including phenoxy) is 1. The van der Waals surface area contributed by atoms with Gasteiger partial charge in [-0.3, -0.25) is 0 Å². The average molecular weight is 447 g/mol. The van der Waals surface area contributed by atoms with E-state index in [0.717, 1.165) is 38.8 Å². The first-order valence-corrected chi connectivity index (χ1v) is 11.8. The van der Waals surface area contributed by atoms with Gasteiger partial charge >= 0.3 is 0 Å². The number of nitrogens with zero attached hydrogens (tertiary/aromatic N) is 2. The highest BCUT2D eigenvalue weighted by atomic mass is 35.5. The number of aromatic nitrogens is 1. The summed E-state index contributed by atoms with van der Waals surface area (Å²) in [5, 5.41) is 0.374. The molecule has 0 aliphatic carbocycles. The average Bonchev–Trinajstić information content (AvgIpc) is 3.03. The number of hydrogen-bond donors (Lipinski definition) is 0. The van der Waals surface area contributed by atoms with E-state index in [0.29, 0.717) is 16.3 Å². The topological polar surface area (TPSA) is 72.6 Å². The molecule has 0 saturated carbocycles. The minimum absolute atomic E-state index is 0.0792. The maximum absolute atomic E-state index is 13.5. The Labute approximate surface area is 181 Å². The van der Waals surface area contributed by atoms with Crippen LogP contribution in [0.2, 0.25) is 5.02 Å². The molecular formula is C22H23ClN2O4S. The lowest BCUT2D eigenvalue weighted by Crippen LogP contribution is -2.25. The van der Waals surface area contributed by atoms with Crippen LogP contribution in [0.4, 0.5) is 5.88 Å². The maximum atomic E-state index is 13.5. The first-order chi connectivity index (χ1) is 14.5. The number of sulfone groups is 1. The molecule has 1 aliphatic rings. The second-order valence-electron chi connectivity index (χ2n) is 7.19. The summed E-state index contributed by atoms with van der Waals surface area (Å²) in [5.74, 6) is 1.06. The molecule has 0 bridgehead atoms. The number of methoxy groups -OCH3 is 1. The van der Waals surface area contributed by atoms with Gasteiger partial charge in [-0.15, -0.1) is 0 Å². The van der Waals surface area contributed by atoms with Gasteiger partial charge in [-0.05, 0) is 49.2 Å². The van der Waals surface area contributed by atoms with Gasteiger partial charge in [-0.2, -0.15) is 4.98 Å². The van der Waals surface area contributed by atoms with Gasteiger partial charge in [-0.25, -0.2) is 8.42 Å². The lowest BCUT2D eigenvalue weighted by Gasteiger charge is -2.20. The van der Waals surface area contributed by atoms with Crippen LogP contribution >= 0.6 is 11.6 Å². The molecule has 1 aromatic heterocycles. The normalized spacial score (nSPS) is 15.1. The molecule has 3 aromatic rings. The second kappa shape index (κ2) is 8.70. The maximum Gasteiger partial charge on any atom is 0.236 e. The van der Waals surface area contributed by atoms with E-state index in [9.17, 15) is 8.42 Å². The third-order valence-electron chi connectivity index (χ3n) is 5.20. The SMILES string of the molecule is COc1ccc(S(=O)(=O)c2nc(-c3ccccc3Cl)oc2N2CCCCCC2)cc1. The van der Waals surface area contributed by atoms with Gasteiger partial charge in [0, 0.05) is 13.1 Å². The number of halogens is 1. The van der Waals surface area contributed by atoms with E-state index in [1.807, 2.05) is 11.0 Å². The van der Waals surface area contributed by atoms with Crippen LogP contribution in [0.3, 0.4) is 0 Å². The van der Waals surface area contributed by atoms with Crippen LogP contribution in [0, 0.1) is 0 Å². The molecule has 0 amide bonds. The molecule has 4 rings (SSSR count). The summed E-state index contributed by atoms with van der Waals surface area (Å²) >= 11 is 6.32. The molecule has 0 spiro atoms. The van der Waals surface area contributed by atoms with Crippen LogP contribution in [0.15, 0.2) is 62.9 Å². The van der Waals surface area contributed by atoms with Crippen molar-refractivity contribution in [3.8, 4) is 17.2 Å². The Bertz CT molecular complexity index is 1120. The smallest absolute Gasteiger partial charge is 0.236 e. The fourth-order valence-corrected chi connectivity index (χ4v) is 5.10. The quantitative estimate of drug-likeness (QED) is 0.535. The Morgan fingerprint density at radius 2 is 1.67 bits per heavy atom. The Hall–Kier alpha value is -2.51. The van der Waals surface area contributed by atoms with Crippen molar-refractivity contribution in [2.24, 2.45) is 0 Å². The van der Waals surface area contributed by atoms with Crippen molar-refractivity contribution < 1.29 is 17.6 Å². The van der Waals surface area contributed by atoms with Crippen LogP contribution in [0.5, 0.6) is 5.75 Å². The van der Waals surface area contributed by atoms with Crippen molar-refractivity contribution in [2.75, 3.05) is 25.1 Å². The van der Waals surface area contributed by atoms with Gasteiger partial charge in [0.1, 0.15) is 5.75 Å². The van der Waals surface area contributed by atoms with Crippen molar-refractivity contribution >= 4 is 27.3 Å². The molecule has 0 unspecified atom stereocenters. The van der Waals surface area contributed by atoms with Gasteiger partial charge in [0.15, 0.2) is 0 Å². The van der Waals surface area contributed by atoms with Crippen molar-refractivity contribution in [1.82, 2.24) is 4.98 Å². The molecule has 6 nitrogen and oxygen atoms in total. The molecule has 0 N–H and O–H groups in total. The molecule has 158 valence electrons. The number of hydrogen-bond acceptors (Lipinski definition) is 6. The molecular weight excluding hydrogens is 424 g/mol. The fourth-order valence-electron chi connectivity index (χ4n) is 3.56. The summed E-state index contributed by atoms with van der Waals surface area (Å²) < 4.78 is 38.2. The van der Waals surface area contributed by atoms with Gasteiger partial charge in [0.05, 0.1) is 22.6 Å². The largest absolute Gasteiger partial charge is 0.497 e. The molecule has 1 aliphatic heterocycles. The van der Waals surface area contributed by atoms with Crippen molar-refractivity contribution in [2.45, 2.75) is 35.6 Å². The van der Waals surface area contributed by atoms with Gasteiger partial charge in [0.2, 0.25) is 26.6 Å². The van der Waals surface area contributed by atoms with Crippen LogP contribution < -0.4 is 9.64 Å². The molecule has 2 aromatic carbocycles. The number of benzene rings is 2. The second-order valence-corrected chi connectivity index (χ2v) is 9.46. The lowest BCUT2D eigenvalue weighted by atomic mass is 10.2. The predicted octanol–water partition coefficient (Wildman–Crippen LogP) is 5.22. The van der Waals surface area contributed by atoms with Crippen molar-refractivity contribution in [3.05, 3.63) is 53.6 Å². The summed E-state index contributed by atoms with van der Waals surface area (Å²) in [7, 11) is -2.36. The van der Waals surface area contributed by atoms with E-state index in [-0.39, 0.29) is 21.7 Å². The zero-order valence-electron chi connectivity index (χ0n) is 16.7. The van der Waals surface area contributed by atoms with Gasteiger partial charge in [0.25, 0.3) is 0 Å². The standard InChI is InChI=1S/C22H23ClN2O4S/c1-28-16-10-12-17(13-11-16)30(26,27)21-22(25-14-6-2-3-7-15-25)29-20(24-21)18-8-4-5-9-19(18)23/h4-5,8-13H,2-3,6-7,14-15H2,1H3. The molecule has 30 heavy (non-hydrogen) atoms. The Morgan fingerprint density at radius 3 is 2.30 bits per heavy atom. The lowest BCUT2D eigenvalue weighted by molar-refractivity contribution is 0.414. The highest BCUT2D eigenvalue weighted by molar-refractivity contribution is 7.91. The summed E-state index contributed by atoms with van der Waals surface area (Å²) in [6, 6.07) is 13.4. The van der Waals surface area contributed by atoms with E-state index in [4.69, 9.17) is 20.8 Å². The summed E-state index contributed by atoms with van der Waals surface area (Å²) in [4.78, 5) is 6.55. The van der Waals surface area contributed by atoms with Crippen LogP contribution in [-0.4, -0.2) is 33.6 Å². The fraction of sp³-hybridized carbons (Fsp3) is 0.318. The number of anilines is 1. The Morgan fingerprint density at radius 1 is 1.00 bits per heavy atom. The van der Waals surface area contributed by atoms with E-state index in [1.165, 1.54) is 19.2 Å². The number of rotatable bonds is 5. The molecule has 8 heteroatoms. The molecule has 1 saturated heterocycles. The van der Waals surface area contributed by atoms with E-state index in [2.05, 4.69) is 4.98 Å². The monoisotopic (exact) mass is 446 g/mol. The third-order valence-corrected chi connectivity index (χ3v) is 7.20. The minimum Gasteiger partial charge on any atom is -0.497 e. The van der Waals surface area contributed by atoms with Crippen LogP contribution in [-0.2, 0) is 9.84 Å². The highest BCUT2D eigenvalue weighted by Gasteiger charge is 2.32. The predicted molar refractivity (Wildman–Crippen MR) is 116 cm³/mol. The van der Waals surface area contributed by atoms with Crippen molar-refractivity contribution in [1.29, 1.82) is 0 Å². The summed E-state index contributed by atoms with van der Waals surface area (Å²) in [6.45, 7) is 1.45. The van der Waals surface area contributed by atoms with Crippen LogP contribution in [0.1, 0.15) is 25.7 Å².